The van der Waals surface area contributed by atoms with Gasteiger partial charge in [0.15, 0.2) is 17.3 Å². The summed E-state index contributed by atoms with van der Waals surface area (Å²) in [6.45, 7) is 6.28. The summed E-state index contributed by atoms with van der Waals surface area (Å²) in [6.07, 6.45) is 0.576. The number of aryl methyl sites for hydroxylation is 1. The van der Waals surface area contributed by atoms with Gasteiger partial charge in [-0.1, -0.05) is 13.0 Å². The van der Waals surface area contributed by atoms with Gasteiger partial charge in [0.2, 0.25) is 0 Å². The predicted octanol–water partition coefficient (Wildman–Crippen LogP) is 4.17. The molecule has 0 saturated heterocycles. The molecule has 1 aliphatic rings. The third-order valence-corrected chi connectivity index (χ3v) is 5.05. The second-order valence-electron chi connectivity index (χ2n) is 7.11. The number of fused-ring (bicyclic) bond motifs is 1. The summed E-state index contributed by atoms with van der Waals surface area (Å²) < 4.78 is 11.2. The van der Waals surface area contributed by atoms with Crippen LogP contribution in [0.4, 0.5) is 5.82 Å². The molecule has 0 atom stereocenters. The molecule has 1 aromatic carbocycles. The van der Waals surface area contributed by atoms with E-state index in [1.165, 1.54) is 6.92 Å². The zero-order chi connectivity index (χ0) is 21.3. The molecule has 0 saturated carbocycles. The van der Waals surface area contributed by atoms with E-state index in [1.54, 1.807) is 13.0 Å². The lowest BCUT2D eigenvalue weighted by Gasteiger charge is -2.18. The number of ether oxygens (including phenoxy) is 2. The third-order valence-electron chi connectivity index (χ3n) is 5.05. The summed E-state index contributed by atoms with van der Waals surface area (Å²) in [4.78, 5) is 32.5. The number of hydrogen-bond donors (Lipinski definition) is 2. The average molecular weight is 405 g/mol. The van der Waals surface area contributed by atoms with Crippen molar-refractivity contribution in [3.8, 4) is 22.8 Å². The van der Waals surface area contributed by atoms with Crippen molar-refractivity contribution in [2.24, 2.45) is 0 Å². The Balaban J connectivity index is 1.60. The molecule has 0 fully saturated rings. The minimum atomic E-state index is -0.325. The molecule has 1 amide bonds. The number of aromatic nitrogens is 2. The molecular weight excluding hydrogens is 382 g/mol. The first-order valence-electron chi connectivity index (χ1n) is 9.88. The van der Waals surface area contributed by atoms with Crippen LogP contribution in [0.5, 0.6) is 11.5 Å². The van der Waals surface area contributed by atoms with Crippen LogP contribution in [-0.2, 0) is 6.42 Å². The molecule has 0 aliphatic carbocycles. The van der Waals surface area contributed by atoms with Gasteiger partial charge in [-0.15, -0.1) is 0 Å². The fraction of sp³-hybridized carbons (Fsp3) is 0.261. The van der Waals surface area contributed by atoms with Crippen molar-refractivity contribution in [3.63, 3.8) is 0 Å². The Hall–Kier alpha value is -3.61. The van der Waals surface area contributed by atoms with Crippen molar-refractivity contribution in [2.45, 2.75) is 27.2 Å². The van der Waals surface area contributed by atoms with E-state index in [-0.39, 0.29) is 11.7 Å². The van der Waals surface area contributed by atoms with Crippen LogP contribution in [-0.4, -0.2) is 34.9 Å². The molecule has 0 bridgehead atoms. The molecule has 30 heavy (non-hydrogen) atoms. The SMILES string of the molecule is CCc1c(C(=O)Nc2cccc(-c3ccc4c(c3)OCCO4)n2)[nH]c(C)c1C(C)=O. The molecule has 2 aromatic heterocycles. The van der Waals surface area contributed by atoms with Gasteiger partial charge in [-0.25, -0.2) is 4.98 Å². The van der Waals surface area contributed by atoms with E-state index >= 15 is 0 Å². The van der Waals surface area contributed by atoms with E-state index in [9.17, 15) is 9.59 Å². The summed E-state index contributed by atoms with van der Waals surface area (Å²) in [7, 11) is 0. The molecular formula is C23H23N3O4. The monoisotopic (exact) mass is 405 g/mol. The highest BCUT2D eigenvalue weighted by molar-refractivity contribution is 6.07. The summed E-state index contributed by atoms with van der Waals surface area (Å²) in [5, 5.41) is 2.84. The number of anilines is 1. The molecule has 2 N–H and O–H groups in total. The van der Waals surface area contributed by atoms with Crippen LogP contribution in [0.25, 0.3) is 11.3 Å². The molecule has 0 spiro atoms. The number of benzene rings is 1. The fourth-order valence-corrected chi connectivity index (χ4v) is 3.75. The lowest BCUT2D eigenvalue weighted by molar-refractivity contribution is 0.101. The Kier molecular flexibility index (Phi) is 5.27. The molecule has 1 aliphatic heterocycles. The van der Waals surface area contributed by atoms with E-state index in [2.05, 4.69) is 15.3 Å². The fourth-order valence-electron chi connectivity index (χ4n) is 3.75. The number of aromatic amines is 1. The zero-order valence-corrected chi connectivity index (χ0v) is 17.2. The normalized spacial score (nSPS) is 12.5. The van der Waals surface area contributed by atoms with Crippen LogP contribution in [0, 0.1) is 6.92 Å². The predicted molar refractivity (Wildman–Crippen MR) is 114 cm³/mol. The van der Waals surface area contributed by atoms with Gasteiger partial charge in [-0.2, -0.15) is 0 Å². The van der Waals surface area contributed by atoms with Gasteiger partial charge in [-0.3, -0.25) is 9.59 Å². The molecule has 4 rings (SSSR count). The Morgan fingerprint density at radius 2 is 1.90 bits per heavy atom. The molecule has 7 nitrogen and oxygen atoms in total. The van der Waals surface area contributed by atoms with E-state index in [1.807, 2.05) is 37.3 Å². The van der Waals surface area contributed by atoms with Gasteiger partial charge in [0.25, 0.3) is 5.91 Å². The number of amides is 1. The van der Waals surface area contributed by atoms with Crippen LogP contribution in [0.2, 0.25) is 0 Å². The Bertz CT molecular complexity index is 1130. The number of nitrogens with zero attached hydrogens (tertiary/aromatic N) is 1. The van der Waals surface area contributed by atoms with Crippen LogP contribution in [0.1, 0.15) is 46.0 Å². The highest BCUT2D eigenvalue weighted by atomic mass is 16.6. The summed E-state index contributed by atoms with van der Waals surface area (Å²) in [5.74, 6) is 1.44. The topological polar surface area (TPSA) is 93.3 Å². The van der Waals surface area contributed by atoms with Crippen molar-refractivity contribution in [3.05, 3.63) is 58.9 Å². The van der Waals surface area contributed by atoms with Gasteiger partial charge in [0.1, 0.15) is 24.7 Å². The number of rotatable bonds is 5. The molecule has 3 heterocycles. The van der Waals surface area contributed by atoms with Crippen LogP contribution in [0.3, 0.4) is 0 Å². The largest absolute Gasteiger partial charge is 0.486 e. The number of nitrogens with one attached hydrogen (secondary N) is 2. The van der Waals surface area contributed by atoms with E-state index in [4.69, 9.17) is 9.47 Å². The van der Waals surface area contributed by atoms with Crippen molar-refractivity contribution >= 4 is 17.5 Å². The molecule has 0 radical (unpaired) electrons. The first-order valence-corrected chi connectivity index (χ1v) is 9.88. The van der Waals surface area contributed by atoms with E-state index in [0.29, 0.717) is 59.6 Å². The highest BCUT2D eigenvalue weighted by Gasteiger charge is 2.22. The number of Topliss-reactive ketones (excluding diaryl/α,β-unsaturated/α-hetero) is 1. The maximum atomic E-state index is 12.9. The number of H-pyrrole nitrogens is 1. The Labute approximate surface area is 174 Å². The highest BCUT2D eigenvalue weighted by Crippen LogP contribution is 2.34. The smallest absolute Gasteiger partial charge is 0.273 e. The summed E-state index contributed by atoms with van der Waals surface area (Å²) in [5.41, 5.74) is 3.96. The van der Waals surface area contributed by atoms with E-state index in [0.717, 1.165) is 11.1 Å². The lowest BCUT2D eigenvalue weighted by atomic mass is 10.0. The third kappa shape index (κ3) is 3.66. The standard InChI is InChI=1S/C23H23N3O4/c1-4-16-21(14(3)27)13(2)24-22(16)23(28)26-20-7-5-6-17(25-20)15-8-9-18-19(12-15)30-11-10-29-18/h5-9,12,24H,4,10-11H2,1-3H3,(H,25,26,28). The average Bonchev–Trinajstić information content (AvgIpc) is 3.10. The second-order valence-corrected chi connectivity index (χ2v) is 7.11. The van der Waals surface area contributed by atoms with Gasteiger partial charge < -0.3 is 19.8 Å². The maximum Gasteiger partial charge on any atom is 0.273 e. The number of hydrogen-bond acceptors (Lipinski definition) is 5. The minimum absolute atomic E-state index is 0.0571. The van der Waals surface area contributed by atoms with Crippen molar-refractivity contribution < 1.29 is 19.1 Å². The van der Waals surface area contributed by atoms with Crippen LogP contribution < -0.4 is 14.8 Å². The van der Waals surface area contributed by atoms with E-state index < -0.39 is 0 Å². The van der Waals surface area contributed by atoms with Gasteiger partial charge >= 0.3 is 0 Å². The minimum Gasteiger partial charge on any atom is -0.486 e. The van der Waals surface area contributed by atoms with Crippen LogP contribution in [0.15, 0.2) is 36.4 Å². The number of ketones is 1. The molecule has 3 aromatic rings. The van der Waals surface area contributed by atoms with Gasteiger partial charge in [-0.05, 0) is 56.2 Å². The Morgan fingerprint density at radius 1 is 1.13 bits per heavy atom. The maximum absolute atomic E-state index is 12.9. The zero-order valence-electron chi connectivity index (χ0n) is 17.2. The van der Waals surface area contributed by atoms with Gasteiger partial charge in [0, 0.05) is 16.8 Å². The number of pyridine rings is 1. The molecule has 7 heteroatoms. The molecule has 0 unspecified atom stereocenters. The Morgan fingerprint density at radius 3 is 2.63 bits per heavy atom. The second kappa shape index (κ2) is 8.02. The van der Waals surface area contributed by atoms with Crippen molar-refractivity contribution in [1.29, 1.82) is 0 Å². The van der Waals surface area contributed by atoms with Crippen LogP contribution >= 0.6 is 0 Å². The van der Waals surface area contributed by atoms with Crippen molar-refractivity contribution in [2.75, 3.05) is 18.5 Å². The number of carbonyl (C=O) groups is 2. The summed E-state index contributed by atoms with van der Waals surface area (Å²) >= 11 is 0. The summed E-state index contributed by atoms with van der Waals surface area (Å²) in [6, 6.07) is 11.1. The number of carbonyl (C=O) groups excluding carboxylic acids is 2. The molecule has 154 valence electrons. The first kappa shape index (κ1) is 19.7. The van der Waals surface area contributed by atoms with Crippen molar-refractivity contribution in [1.82, 2.24) is 9.97 Å². The quantitative estimate of drug-likeness (QED) is 0.622. The first-order chi connectivity index (χ1) is 14.5. The lowest BCUT2D eigenvalue weighted by Crippen LogP contribution is -2.16. The van der Waals surface area contributed by atoms with Gasteiger partial charge in [0.05, 0.1) is 5.69 Å².